The number of halogens is 1. The second-order valence-electron chi connectivity index (χ2n) is 6.66. The Morgan fingerprint density at radius 1 is 1.24 bits per heavy atom. The quantitative estimate of drug-likeness (QED) is 0.757. The highest BCUT2D eigenvalue weighted by atomic mass is 79.9. The van der Waals surface area contributed by atoms with E-state index in [4.69, 9.17) is 0 Å². The summed E-state index contributed by atoms with van der Waals surface area (Å²) in [7, 11) is 0. The van der Waals surface area contributed by atoms with Crippen LogP contribution >= 0.6 is 27.3 Å². The molecule has 3 heteroatoms. The smallest absolute Gasteiger partial charge is 0.0178 e. The van der Waals surface area contributed by atoms with Gasteiger partial charge in [-0.1, -0.05) is 48.0 Å². The molecule has 1 aliphatic rings. The van der Waals surface area contributed by atoms with E-state index < -0.39 is 0 Å². The van der Waals surface area contributed by atoms with Gasteiger partial charge in [0.1, 0.15) is 0 Å². The average molecular weight is 364 g/mol. The van der Waals surface area contributed by atoms with Gasteiger partial charge in [-0.2, -0.15) is 0 Å². The number of thiophene rings is 1. The van der Waals surface area contributed by atoms with Crippen molar-refractivity contribution in [3.05, 3.63) is 56.7 Å². The van der Waals surface area contributed by atoms with Crippen molar-refractivity contribution < 1.29 is 0 Å². The lowest BCUT2D eigenvalue weighted by molar-refractivity contribution is 0.273. The van der Waals surface area contributed by atoms with Crippen LogP contribution < -0.4 is 5.32 Å². The number of benzene rings is 1. The first-order valence-electron chi connectivity index (χ1n) is 7.57. The van der Waals surface area contributed by atoms with Crippen LogP contribution in [0.3, 0.4) is 0 Å². The minimum Gasteiger partial charge on any atom is -0.313 e. The average Bonchev–Trinajstić information content (AvgIpc) is 2.91. The van der Waals surface area contributed by atoms with Crippen molar-refractivity contribution in [2.24, 2.45) is 0 Å². The molecule has 0 amide bonds. The lowest BCUT2D eigenvalue weighted by Crippen LogP contribution is -2.45. The van der Waals surface area contributed by atoms with Crippen molar-refractivity contribution in [2.75, 3.05) is 6.54 Å². The van der Waals surface area contributed by atoms with E-state index in [0.29, 0.717) is 6.04 Å². The van der Waals surface area contributed by atoms with E-state index in [1.165, 1.54) is 27.8 Å². The number of hydrogen-bond donors (Lipinski definition) is 1. The molecular weight excluding hydrogens is 342 g/mol. The maximum Gasteiger partial charge on any atom is 0.0178 e. The molecule has 1 nitrogen and oxygen atoms in total. The van der Waals surface area contributed by atoms with E-state index in [1.54, 1.807) is 0 Å². The highest BCUT2D eigenvalue weighted by Gasteiger charge is 2.32. The molecule has 1 heterocycles. The Labute approximate surface area is 139 Å². The summed E-state index contributed by atoms with van der Waals surface area (Å²) in [5, 5.41) is 5.93. The molecule has 1 aromatic carbocycles. The summed E-state index contributed by atoms with van der Waals surface area (Å²) in [6.07, 6.45) is 2.52. The summed E-state index contributed by atoms with van der Waals surface area (Å²) in [5.41, 5.74) is 1.70. The molecule has 0 atom stereocenters. The Hall–Kier alpha value is -0.640. The van der Waals surface area contributed by atoms with Crippen molar-refractivity contribution in [3.8, 4) is 0 Å². The molecule has 0 unspecified atom stereocenters. The van der Waals surface area contributed by atoms with Gasteiger partial charge in [0, 0.05) is 27.4 Å². The summed E-state index contributed by atoms with van der Waals surface area (Å²) in [5.74, 6) is 0.727. The molecule has 3 rings (SSSR count). The summed E-state index contributed by atoms with van der Waals surface area (Å²) in [6, 6.07) is 13.8. The van der Waals surface area contributed by atoms with Gasteiger partial charge in [-0.3, -0.25) is 0 Å². The van der Waals surface area contributed by atoms with Gasteiger partial charge in [0.2, 0.25) is 0 Å². The largest absolute Gasteiger partial charge is 0.313 e. The third-order valence-electron chi connectivity index (χ3n) is 4.48. The summed E-state index contributed by atoms with van der Waals surface area (Å²) >= 11 is 5.42. The second kappa shape index (κ2) is 6.23. The molecule has 1 fully saturated rings. The fourth-order valence-electron chi connectivity index (χ4n) is 2.97. The van der Waals surface area contributed by atoms with Crippen molar-refractivity contribution in [1.82, 2.24) is 5.32 Å². The van der Waals surface area contributed by atoms with Crippen LogP contribution in [0.5, 0.6) is 0 Å². The first-order valence-corrected chi connectivity index (χ1v) is 9.25. The third kappa shape index (κ3) is 3.58. The first-order chi connectivity index (χ1) is 10.0. The lowest BCUT2D eigenvalue weighted by Gasteiger charge is -2.38. The molecule has 0 aliphatic heterocycles. The SMILES string of the molecule is CC(C)(CNC1CC(c2cccc(Br)c2)C1)c1cccs1. The summed E-state index contributed by atoms with van der Waals surface area (Å²) < 4.78 is 1.19. The molecule has 21 heavy (non-hydrogen) atoms. The van der Waals surface area contributed by atoms with Crippen molar-refractivity contribution in [2.45, 2.75) is 44.1 Å². The Balaban J connectivity index is 1.49. The summed E-state index contributed by atoms with van der Waals surface area (Å²) in [4.78, 5) is 1.47. The van der Waals surface area contributed by atoms with Gasteiger partial charge in [-0.25, -0.2) is 0 Å². The van der Waals surface area contributed by atoms with E-state index in [1.807, 2.05) is 11.3 Å². The van der Waals surface area contributed by atoms with Crippen LogP contribution in [0.25, 0.3) is 0 Å². The van der Waals surface area contributed by atoms with Gasteiger partial charge in [0.15, 0.2) is 0 Å². The Bertz CT molecular complexity index is 585. The number of nitrogens with one attached hydrogen (secondary N) is 1. The van der Waals surface area contributed by atoms with Crippen LogP contribution in [0.2, 0.25) is 0 Å². The molecule has 1 saturated carbocycles. The molecule has 112 valence electrons. The minimum atomic E-state index is 0.231. The molecular formula is C18H22BrNS. The summed E-state index contributed by atoms with van der Waals surface area (Å²) in [6.45, 7) is 5.72. The first kappa shape index (κ1) is 15.3. The van der Waals surface area contributed by atoms with E-state index in [0.717, 1.165) is 12.5 Å². The fourth-order valence-corrected chi connectivity index (χ4v) is 4.24. The maximum absolute atomic E-state index is 3.76. The topological polar surface area (TPSA) is 12.0 Å². The van der Waals surface area contributed by atoms with E-state index in [-0.39, 0.29) is 5.41 Å². The van der Waals surface area contributed by atoms with Gasteiger partial charge >= 0.3 is 0 Å². The van der Waals surface area contributed by atoms with Crippen LogP contribution in [-0.2, 0) is 5.41 Å². The van der Waals surface area contributed by atoms with Crippen molar-refractivity contribution in [3.63, 3.8) is 0 Å². The second-order valence-corrected chi connectivity index (χ2v) is 8.53. The highest BCUT2D eigenvalue weighted by Crippen LogP contribution is 2.38. The van der Waals surface area contributed by atoms with Gasteiger partial charge < -0.3 is 5.32 Å². The van der Waals surface area contributed by atoms with Crippen LogP contribution in [0.1, 0.15) is 43.0 Å². The molecule has 1 aliphatic carbocycles. The molecule has 0 spiro atoms. The fraction of sp³-hybridized carbons (Fsp3) is 0.444. The van der Waals surface area contributed by atoms with Gasteiger partial charge in [-0.05, 0) is 47.9 Å². The molecule has 1 aromatic heterocycles. The molecule has 0 saturated heterocycles. The van der Waals surface area contributed by atoms with E-state index in [2.05, 4.69) is 76.9 Å². The zero-order valence-corrected chi connectivity index (χ0v) is 15.0. The van der Waals surface area contributed by atoms with Gasteiger partial charge in [-0.15, -0.1) is 11.3 Å². The molecule has 0 radical (unpaired) electrons. The number of hydrogen-bond acceptors (Lipinski definition) is 2. The standard InChI is InChI=1S/C18H22BrNS/c1-18(2,17-7-4-8-21-17)12-20-16-10-14(11-16)13-5-3-6-15(19)9-13/h3-9,14,16,20H,10-12H2,1-2H3. The minimum absolute atomic E-state index is 0.231. The normalized spacial score (nSPS) is 22.0. The van der Waals surface area contributed by atoms with Crippen LogP contribution in [0.15, 0.2) is 46.3 Å². The molecule has 1 N–H and O–H groups in total. The molecule has 0 bridgehead atoms. The van der Waals surface area contributed by atoms with Crippen LogP contribution in [0.4, 0.5) is 0 Å². The predicted molar refractivity (Wildman–Crippen MR) is 95.3 cm³/mol. The van der Waals surface area contributed by atoms with Gasteiger partial charge in [0.25, 0.3) is 0 Å². The third-order valence-corrected chi connectivity index (χ3v) is 6.21. The van der Waals surface area contributed by atoms with Gasteiger partial charge in [0.05, 0.1) is 0 Å². The Morgan fingerprint density at radius 3 is 2.71 bits per heavy atom. The van der Waals surface area contributed by atoms with Crippen molar-refractivity contribution in [1.29, 1.82) is 0 Å². The predicted octanol–water partition coefficient (Wildman–Crippen LogP) is 5.32. The number of rotatable bonds is 5. The van der Waals surface area contributed by atoms with Crippen LogP contribution in [-0.4, -0.2) is 12.6 Å². The maximum atomic E-state index is 3.76. The molecule has 2 aromatic rings. The van der Waals surface area contributed by atoms with E-state index in [9.17, 15) is 0 Å². The Kier molecular flexibility index (Phi) is 4.53. The Morgan fingerprint density at radius 2 is 2.05 bits per heavy atom. The van der Waals surface area contributed by atoms with E-state index >= 15 is 0 Å². The lowest BCUT2D eigenvalue weighted by atomic mass is 9.75. The highest BCUT2D eigenvalue weighted by molar-refractivity contribution is 9.10. The van der Waals surface area contributed by atoms with Crippen molar-refractivity contribution >= 4 is 27.3 Å². The zero-order valence-electron chi connectivity index (χ0n) is 12.6. The van der Waals surface area contributed by atoms with Crippen LogP contribution in [0, 0.1) is 0 Å². The monoisotopic (exact) mass is 363 g/mol. The zero-order chi connectivity index (χ0) is 14.9.